The highest BCUT2D eigenvalue weighted by Gasteiger charge is 2.37. The van der Waals surface area contributed by atoms with Crippen LogP contribution in [0.3, 0.4) is 0 Å². The van der Waals surface area contributed by atoms with Crippen LogP contribution in [0.25, 0.3) is 10.9 Å². The molecule has 2 atom stereocenters. The van der Waals surface area contributed by atoms with Gasteiger partial charge in [0, 0.05) is 62.6 Å². The molecule has 0 spiro atoms. The van der Waals surface area contributed by atoms with Crippen molar-refractivity contribution >= 4 is 16.8 Å². The van der Waals surface area contributed by atoms with Crippen molar-refractivity contribution in [1.29, 1.82) is 0 Å². The van der Waals surface area contributed by atoms with Gasteiger partial charge >= 0.3 is 0 Å². The number of aryl methyl sites for hydroxylation is 1. The van der Waals surface area contributed by atoms with Gasteiger partial charge in [-0.05, 0) is 29.1 Å². The van der Waals surface area contributed by atoms with E-state index in [0.717, 1.165) is 16.5 Å². The minimum absolute atomic E-state index is 0.0731. The van der Waals surface area contributed by atoms with E-state index < -0.39 is 0 Å². The molecule has 0 saturated carbocycles. The maximum absolute atomic E-state index is 13.0. The number of amides is 1. The van der Waals surface area contributed by atoms with Crippen molar-refractivity contribution in [2.75, 3.05) is 26.8 Å². The maximum Gasteiger partial charge on any atom is 0.253 e. The summed E-state index contributed by atoms with van der Waals surface area (Å²) in [6.07, 6.45) is 5.82. The molecule has 1 fully saturated rings. The highest BCUT2D eigenvalue weighted by Crippen LogP contribution is 2.33. The first kappa shape index (κ1) is 15.9. The molecule has 130 valence electrons. The van der Waals surface area contributed by atoms with Crippen molar-refractivity contribution in [2.24, 2.45) is 13.0 Å². The molecule has 0 radical (unpaired) electrons. The fourth-order valence-electron chi connectivity index (χ4n) is 3.79. The highest BCUT2D eigenvalue weighted by atomic mass is 16.5. The molecule has 1 saturated heterocycles. The number of nitrogens with one attached hydrogen (secondary N) is 1. The number of likely N-dealkylation sites (tertiary alicyclic amines) is 1. The predicted molar refractivity (Wildman–Crippen MR) is 95.5 cm³/mol. The van der Waals surface area contributed by atoms with Crippen LogP contribution in [-0.2, 0) is 11.8 Å². The van der Waals surface area contributed by atoms with E-state index in [1.165, 1.54) is 5.56 Å². The third-order valence-corrected chi connectivity index (χ3v) is 5.06. The number of aromatic nitrogens is 3. The van der Waals surface area contributed by atoms with Gasteiger partial charge in [-0.1, -0.05) is 6.07 Å². The molecule has 0 aliphatic carbocycles. The van der Waals surface area contributed by atoms with Gasteiger partial charge in [-0.25, -0.2) is 0 Å². The van der Waals surface area contributed by atoms with E-state index in [-0.39, 0.29) is 17.7 Å². The van der Waals surface area contributed by atoms with Crippen LogP contribution >= 0.6 is 0 Å². The minimum atomic E-state index is 0.0731. The molecular formula is C19H22N4O2. The molecule has 25 heavy (non-hydrogen) atoms. The number of H-pyrrole nitrogens is 1. The molecule has 1 aliphatic heterocycles. The van der Waals surface area contributed by atoms with Crippen LogP contribution in [0, 0.1) is 5.92 Å². The van der Waals surface area contributed by atoms with Crippen molar-refractivity contribution < 1.29 is 9.53 Å². The maximum atomic E-state index is 13.0. The first-order chi connectivity index (χ1) is 12.2. The Kier molecular flexibility index (Phi) is 4.05. The van der Waals surface area contributed by atoms with Crippen molar-refractivity contribution in [3.05, 3.63) is 54.0 Å². The summed E-state index contributed by atoms with van der Waals surface area (Å²) in [4.78, 5) is 18.1. The summed E-state index contributed by atoms with van der Waals surface area (Å²) in [5.74, 6) is 0.614. The Hall–Kier alpha value is -2.60. The molecule has 1 amide bonds. The highest BCUT2D eigenvalue weighted by molar-refractivity contribution is 5.98. The number of nitrogens with zero attached hydrogens (tertiary/aromatic N) is 3. The van der Waals surface area contributed by atoms with E-state index in [0.29, 0.717) is 19.7 Å². The Morgan fingerprint density at radius 1 is 1.36 bits per heavy atom. The molecule has 1 aromatic carbocycles. The van der Waals surface area contributed by atoms with Crippen LogP contribution in [0.1, 0.15) is 21.8 Å². The molecule has 6 nitrogen and oxygen atoms in total. The quantitative estimate of drug-likeness (QED) is 0.794. The zero-order valence-electron chi connectivity index (χ0n) is 14.5. The standard InChI is InChI=1S/C19H22N4O2/c1-22-9-15(8-21-22)17-11-23(10-16(17)12-25-2)19(24)14-4-3-13-5-6-20-18(13)7-14/h3-9,16-17,20H,10-12H2,1-2H3/t16-,17-/m0/s1. The number of carbonyl (C=O) groups is 1. The van der Waals surface area contributed by atoms with E-state index in [9.17, 15) is 4.79 Å². The molecule has 2 aromatic heterocycles. The summed E-state index contributed by atoms with van der Waals surface area (Å²) in [7, 11) is 3.63. The van der Waals surface area contributed by atoms with Gasteiger partial charge in [0.15, 0.2) is 0 Å². The normalized spacial score (nSPS) is 20.5. The van der Waals surface area contributed by atoms with Gasteiger partial charge in [0.1, 0.15) is 0 Å². The number of aromatic amines is 1. The number of benzene rings is 1. The fourth-order valence-corrected chi connectivity index (χ4v) is 3.79. The van der Waals surface area contributed by atoms with E-state index >= 15 is 0 Å². The lowest BCUT2D eigenvalue weighted by Crippen LogP contribution is -2.29. The van der Waals surface area contributed by atoms with Crippen LogP contribution in [0.4, 0.5) is 0 Å². The average molecular weight is 338 g/mol. The molecule has 1 N–H and O–H groups in total. The minimum Gasteiger partial charge on any atom is -0.384 e. The molecule has 3 heterocycles. The number of rotatable bonds is 4. The lowest BCUT2D eigenvalue weighted by Gasteiger charge is -2.16. The van der Waals surface area contributed by atoms with Crippen molar-refractivity contribution in [2.45, 2.75) is 5.92 Å². The number of hydrogen-bond donors (Lipinski definition) is 1. The molecular weight excluding hydrogens is 316 g/mol. The lowest BCUT2D eigenvalue weighted by molar-refractivity contribution is 0.0775. The number of ether oxygens (including phenoxy) is 1. The van der Waals surface area contributed by atoms with E-state index in [1.807, 2.05) is 59.5 Å². The average Bonchev–Trinajstić information content (AvgIpc) is 3.32. The van der Waals surface area contributed by atoms with E-state index in [4.69, 9.17) is 4.74 Å². The zero-order valence-corrected chi connectivity index (χ0v) is 14.5. The molecule has 0 bridgehead atoms. The van der Waals surface area contributed by atoms with Gasteiger partial charge in [-0.2, -0.15) is 5.10 Å². The monoisotopic (exact) mass is 338 g/mol. The topological polar surface area (TPSA) is 63.1 Å². The number of fused-ring (bicyclic) bond motifs is 1. The van der Waals surface area contributed by atoms with Gasteiger partial charge in [0.25, 0.3) is 5.91 Å². The lowest BCUT2D eigenvalue weighted by atomic mass is 9.92. The van der Waals surface area contributed by atoms with Gasteiger partial charge in [0.05, 0.1) is 12.8 Å². The van der Waals surface area contributed by atoms with Crippen LogP contribution in [0.15, 0.2) is 42.9 Å². The smallest absolute Gasteiger partial charge is 0.253 e. The Morgan fingerprint density at radius 2 is 2.24 bits per heavy atom. The summed E-state index contributed by atoms with van der Waals surface area (Å²) in [5, 5.41) is 5.39. The zero-order chi connectivity index (χ0) is 17.4. The van der Waals surface area contributed by atoms with Crippen molar-refractivity contribution in [1.82, 2.24) is 19.7 Å². The number of carbonyl (C=O) groups excluding carboxylic acids is 1. The van der Waals surface area contributed by atoms with E-state index in [2.05, 4.69) is 10.1 Å². The Morgan fingerprint density at radius 3 is 3.00 bits per heavy atom. The Bertz CT molecular complexity index is 898. The Balaban J connectivity index is 1.58. The van der Waals surface area contributed by atoms with Gasteiger partial charge in [-0.3, -0.25) is 9.48 Å². The second kappa shape index (κ2) is 6.37. The van der Waals surface area contributed by atoms with Gasteiger partial charge in [-0.15, -0.1) is 0 Å². The number of methoxy groups -OCH3 is 1. The first-order valence-corrected chi connectivity index (χ1v) is 8.49. The molecule has 1 aliphatic rings. The summed E-state index contributed by atoms with van der Waals surface area (Å²) >= 11 is 0. The molecule has 3 aromatic rings. The Labute approximate surface area is 146 Å². The largest absolute Gasteiger partial charge is 0.384 e. The molecule has 4 rings (SSSR count). The first-order valence-electron chi connectivity index (χ1n) is 8.49. The van der Waals surface area contributed by atoms with Crippen molar-refractivity contribution in [3.8, 4) is 0 Å². The van der Waals surface area contributed by atoms with Crippen LogP contribution in [-0.4, -0.2) is 52.4 Å². The second-order valence-electron chi connectivity index (χ2n) is 6.76. The predicted octanol–water partition coefficient (Wildman–Crippen LogP) is 2.40. The summed E-state index contributed by atoms with van der Waals surface area (Å²) < 4.78 is 7.20. The molecule has 6 heteroatoms. The second-order valence-corrected chi connectivity index (χ2v) is 6.76. The SMILES string of the molecule is COC[C@@H]1CN(C(=O)c2ccc3cc[nH]c3c2)C[C@H]1c1cnn(C)c1. The van der Waals surface area contributed by atoms with Crippen LogP contribution < -0.4 is 0 Å². The number of hydrogen-bond acceptors (Lipinski definition) is 3. The third kappa shape index (κ3) is 2.93. The summed E-state index contributed by atoms with van der Waals surface area (Å²) in [6.45, 7) is 2.04. The van der Waals surface area contributed by atoms with Crippen molar-refractivity contribution in [3.63, 3.8) is 0 Å². The van der Waals surface area contributed by atoms with Crippen LogP contribution in [0.2, 0.25) is 0 Å². The van der Waals surface area contributed by atoms with Gasteiger partial charge < -0.3 is 14.6 Å². The summed E-state index contributed by atoms with van der Waals surface area (Å²) in [6, 6.07) is 7.83. The summed E-state index contributed by atoms with van der Waals surface area (Å²) in [5.41, 5.74) is 2.87. The van der Waals surface area contributed by atoms with Crippen LogP contribution in [0.5, 0.6) is 0 Å². The van der Waals surface area contributed by atoms with E-state index in [1.54, 1.807) is 7.11 Å². The third-order valence-electron chi connectivity index (χ3n) is 5.06. The molecule has 0 unspecified atom stereocenters. The fraction of sp³-hybridized carbons (Fsp3) is 0.368. The van der Waals surface area contributed by atoms with Gasteiger partial charge in [0.2, 0.25) is 0 Å².